The Hall–Kier alpha value is -2.39. The second-order valence-electron chi connectivity index (χ2n) is 6.11. The Balaban J connectivity index is 1.49. The molecule has 138 valence electrons. The van der Waals surface area contributed by atoms with Gasteiger partial charge in [0.1, 0.15) is 6.10 Å². The van der Waals surface area contributed by atoms with Crippen molar-refractivity contribution in [3.05, 3.63) is 36.5 Å². The summed E-state index contributed by atoms with van der Waals surface area (Å²) in [6, 6.07) is 8.17. The molecule has 4 rings (SSSR count). The molecule has 2 aliphatic heterocycles. The van der Waals surface area contributed by atoms with E-state index in [1.165, 1.54) is 10.4 Å². The Kier molecular flexibility index (Phi) is 4.64. The molecule has 0 amide bonds. The van der Waals surface area contributed by atoms with E-state index in [1.807, 2.05) is 0 Å². The predicted molar refractivity (Wildman–Crippen MR) is 91.9 cm³/mol. The van der Waals surface area contributed by atoms with Crippen LogP contribution in [0.15, 0.2) is 41.4 Å². The van der Waals surface area contributed by atoms with Crippen molar-refractivity contribution in [1.82, 2.24) is 14.5 Å². The third-order valence-electron chi connectivity index (χ3n) is 4.30. The van der Waals surface area contributed by atoms with Gasteiger partial charge in [0.25, 0.3) is 0 Å². The van der Waals surface area contributed by atoms with Gasteiger partial charge in [-0.15, -0.1) is 5.10 Å². The fraction of sp³-hybridized carbons (Fsp3) is 0.412. The van der Waals surface area contributed by atoms with Gasteiger partial charge in [-0.2, -0.15) is 9.40 Å². The average molecular weight is 377 g/mol. The summed E-state index contributed by atoms with van der Waals surface area (Å²) in [6.45, 7) is 1.73. The van der Waals surface area contributed by atoms with E-state index < -0.39 is 10.0 Å². The van der Waals surface area contributed by atoms with Gasteiger partial charge in [0.2, 0.25) is 15.9 Å². The molecule has 1 atom stereocenters. The van der Waals surface area contributed by atoms with Gasteiger partial charge in [-0.1, -0.05) is 0 Å². The quantitative estimate of drug-likeness (QED) is 0.797. The summed E-state index contributed by atoms with van der Waals surface area (Å²) in [5, 5.41) is 7.63. The second kappa shape index (κ2) is 7.08. The molecule has 0 bridgehead atoms. The van der Waals surface area contributed by atoms with Crippen molar-refractivity contribution in [2.24, 2.45) is 0 Å². The predicted octanol–water partition coefficient (Wildman–Crippen LogP) is 1.48. The van der Waals surface area contributed by atoms with Crippen molar-refractivity contribution in [2.45, 2.75) is 23.8 Å². The summed E-state index contributed by atoms with van der Waals surface area (Å²) in [7, 11) is -3.63. The Morgan fingerprint density at radius 3 is 2.81 bits per heavy atom. The maximum Gasteiger partial charge on any atom is 0.243 e. The molecule has 0 spiro atoms. The lowest BCUT2D eigenvalue weighted by molar-refractivity contribution is 0.204. The van der Waals surface area contributed by atoms with Crippen LogP contribution < -0.4 is 14.2 Å². The van der Waals surface area contributed by atoms with Crippen molar-refractivity contribution in [3.63, 3.8) is 0 Å². The number of sulfonamides is 1. The van der Waals surface area contributed by atoms with Crippen LogP contribution in [-0.4, -0.2) is 55.3 Å². The fourth-order valence-corrected chi connectivity index (χ4v) is 4.49. The van der Waals surface area contributed by atoms with E-state index in [4.69, 9.17) is 14.2 Å². The van der Waals surface area contributed by atoms with E-state index >= 15 is 0 Å². The molecule has 0 radical (unpaired) electrons. The van der Waals surface area contributed by atoms with Crippen LogP contribution >= 0.6 is 0 Å². The van der Waals surface area contributed by atoms with Crippen LogP contribution in [0, 0.1) is 0 Å². The zero-order chi connectivity index (χ0) is 18.0. The molecule has 1 unspecified atom stereocenters. The third kappa shape index (κ3) is 3.45. The number of fused-ring (bicyclic) bond motifs is 1. The van der Waals surface area contributed by atoms with Gasteiger partial charge < -0.3 is 14.2 Å². The molecule has 1 saturated heterocycles. The number of aromatic nitrogens is 2. The molecule has 26 heavy (non-hydrogen) atoms. The third-order valence-corrected chi connectivity index (χ3v) is 6.16. The van der Waals surface area contributed by atoms with Crippen molar-refractivity contribution >= 4 is 10.0 Å². The second-order valence-corrected chi connectivity index (χ2v) is 8.05. The molecule has 9 heteroatoms. The SMILES string of the molecule is O=S(=O)(c1ccc2c(c1)OCCCO2)N1CCC(Oc2cccnn2)C1. The number of ether oxygens (including phenoxy) is 3. The maximum absolute atomic E-state index is 13.0. The normalized spacial score (nSPS) is 20.5. The van der Waals surface area contributed by atoms with Crippen molar-refractivity contribution in [3.8, 4) is 17.4 Å². The summed E-state index contributed by atoms with van der Waals surface area (Å²) in [5.41, 5.74) is 0. The lowest BCUT2D eigenvalue weighted by atomic mass is 10.3. The molecule has 1 aromatic carbocycles. The highest BCUT2D eigenvalue weighted by Gasteiger charge is 2.34. The number of rotatable bonds is 4. The Morgan fingerprint density at radius 2 is 2.00 bits per heavy atom. The molecular formula is C17H19N3O5S. The van der Waals surface area contributed by atoms with Gasteiger partial charge >= 0.3 is 0 Å². The molecule has 0 aliphatic carbocycles. The topological polar surface area (TPSA) is 90.9 Å². The number of hydrogen-bond donors (Lipinski definition) is 0. The molecule has 1 aromatic heterocycles. The van der Waals surface area contributed by atoms with Crippen LogP contribution in [0.3, 0.4) is 0 Å². The molecule has 3 heterocycles. The minimum Gasteiger partial charge on any atom is -0.490 e. The van der Waals surface area contributed by atoms with Gasteiger partial charge in [-0.3, -0.25) is 0 Å². The van der Waals surface area contributed by atoms with Crippen LogP contribution in [0.5, 0.6) is 17.4 Å². The lowest BCUT2D eigenvalue weighted by Crippen LogP contribution is -2.31. The van der Waals surface area contributed by atoms with Crippen molar-refractivity contribution in [1.29, 1.82) is 0 Å². The van der Waals surface area contributed by atoms with Gasteiger partial charge in [-0.25, -0.2) is 8.42 Å². The van der Waals surface area contributed by atoms with Crippen LogP contribution in [0.1, 0.15) is 12.8 Å². The van der Waals surface area contributed by atoms with Crippen molar-refractivity contribution in [2.75, 3.05) is 26.3 Å². The molecule has 8 nitrogen and oxygen atoms in total. The maximum atomic E-state index is 13.0. The van der Waals surface area contributed by atoms with Gasteiger partial charge in [0, 0.05) is 31.3 Å². The van der Waals surface area contributed by atoms with Crippen LogP contribution in [0.25, 0.3) is 0 Å². The molecule has 2 aromatic rings. The zero-order valence-corrected chi connectivity index (χ0v) is 14.9. The van der Waals surface area contributed by atoms with Crippen LogP contribution in [-0.2, 0) is 10.0 Å². The Bertz CT molecular complexity index is 875. The monoisotopic (exact) mass is 377 g/mol. The first-order chi connectivity index (χ1) is 12.6. The minimum absolute atomic E-state index is 0.196. The van der Waals surface area contributed by atoms with E-state index in [1.54, 1.807) is 30.5 Å². The largest absolute Gasteiger partial charge is 0.490 e. The molecular weight excluding hydrogens is 358 g/mol. The summed E-state index contributed by atoms with van der Waals surface area (Å²) in [5.74, 6) is 1.44. The number of hydrogen-bond acceptors (Lipinski definition) is 7. The summed E-state index contributed by atoms with van der Waals surface area (Å²) < 4.78 is 44.2. The fourth-order valence-electron chi connectivity index (χ4n) is 2.99. The smallest absolute Gasteiger partial charge is 0.243 e. The zero-order valence-electron chi connectivity index (χ0n) is 14.1. The molecule has 2 aliphatic rings. The van der Waals surface area contributed by atoms with Gasteiger partial charge in [0.15, 0.2) is 11.5 Å². The first-order valence-corrected chi connectivity index (χ1v) is 9.91. The van der Waals surface area contributed by atoms with E-state index in [0.29, 0.717) is 43.6 Å². The highest BCUT2D eigenvalue weighted by Crippen LogP contribution is 2.33. The average Bonchev–Trinajstić information content (AvgIpc) is 2.99. The molecule has 0 saturated carbocycles. The lowest BCUT2D eigenvalue weighted by Gasteiger charge is -2.18. The Labute approximate surface area is 151 Å². The van der Waals surface area contributed by atoms with E-state index in [-0.39, 0.29) is 17.5 Å². The first-order valence-electron chi connectivity index (χ1n) is 8.47. The molecule has 0 N–H and O–H groups in total. The van der Waals surface area contributed by atoms with E-state index in [0.717, 1.165) is 6.42 Å². The summed E-state index contributed by atoms with van der Waals surface area (Å²) in [6.07, 6.45) is 2.68. The van der Waals surface area contributed by atoms with Gasteiger partial charge in [0.05, 0.1) is 24.7 Å². The molecule has 1 fully saturated rings. The Morgan fingerprint density at radius 1 is 1.15 bits per heavy atom. The van der Waals surface area contributed by atoms with Gasteiger partial charge in [-0.05, 0) is 24.6 Å². The summed E-state index contributed by atoms with van der Waals surface area (Å²) in [4.78, 5) is 0.196. The number of nitrogens with zero attached hydrogens (tertiary/aromatic N) is 3. The number of benzene rings is 1. The minimum atomic E-state index is -3.63. The highest BCUT2D eigenvalue weighted by atomic mass is 32.2. The van der Waals surface area contributed by atoms with E-state index in [2.05, 4.69) is 10.2 Å². The van der Waals surface area contributed by atoms with Crippen LogP contribution in [0.2, 0.25) is 0 Å². The standard InChI is InChI=1S/C17H19N3O5S/c21-26(22,14-4-5-15-16(11-14)24-10-2-9-23-15)20-8-6-13(12-20)25-17-3-1-7-18-19-17/h1,3-5,7,11,13H,2,6,8-10,12H2. The highest BCUT2D eigenvalue weighted by molar-refractivity contribution is 7.89. The van der Waals surface area contributed by atoms with Crippen LogP contribution in [0.4, 0.5) is 0 Å². The van der Waals surface area contributed by atoms with E-state index in [9.17, 15) is 8.42 Å². The summed E-state index contributed by atoms with van der Waals surface area (Å²) >= 11 is 0. The first kappa shape index (κ1) is 17.0. The van der Waals surface area contributed by atoms with Crippen molar-refractivity contribution < 1.29 is 22.6 Å².